The Morgan fingerprint density at radius 3 is 2.68 bits per heavy atom. The molecule has 7 heteroatoms. The Kier molecular flexibility index (Phi) is 5.55. The maximum absolute atomic E-state index is 12.2. The fraction of sp³-hybridized carbons (Fsp3) is 0.278. The summed E-state index contributed by atoms with van der Waals surface area (Å²) in [5.41, 5.74) is 1.87. The van der Waals surface area contributed by atoms with Gasteiger partial charge in [-0.25, -0.2) is 0 Å². The first-order valence-corrected chi connectivity index (χ1v) is 9.89. The number of benzene rings is 1. The van der Waals surface area contributed by atoms with Crippen molar-refractivity contribution < 1.29 is 4.79 Å². The van der Waals surface area contributed by atoms with E-state index in [0.29, 0.717) is 5.75 Å². The molecular weight excluding hydrogens is 352 g/mol. The third-order valence-electron chi connectivity index (χ3n) is 3.56. The molecule has 0 atom stereocenters. The summed E-state index contributed by atoms with van der Waals surface area (Å²) in [6.07, 6.45) is 0. The number of carbonyl (C=O) groups excluding carboxylic acids is 1. The van der Waals surface area contributed by atoms with Crippen LogP contribution in [0.25, 0.3) is 11.4 Å². The van der Waals surface area contributed by atoms with E-state index in [1.54, 1.807) is 11.3 Å². The number of hydrogen-bond acceptors (Lipinski definition) is 5. The van der Waals surface area contributed by atoms with Gasteiger partial charge in [0, 0.05) is 27.5 Å². The Hall–Kier alpha value is -2.12. The van der Waals surface area contributed by atoms with E-state index in [1.807, 2.05) is 30.3 Å². The molecule has 3 aromatic rings. The molecule has 0 aliphatic rings. The lowest BCUT2D eigenvalue weighted by atomic mass is 10.3. The molecule has 0 saturated heterocycles. The van der Waals surface area contributed by atoms with Crippen LogP contribution in [0, 0.1) is 6.92 Å². The quantitative estimate of drug-likeness (QED) is 0.641. The Morgan fingerprint density at radius 1 is 1.28 bits per heavy atom. The Bertz CT molecular complexity index is 855. The summed E-state index contributed by atoms with van der Waals surface area (Å²) >= 11 is 3.10. The third kappa shape index (κ3) is 4.29. The van der Waals surface area contributed by atoms with E-state index in [4.69, 9.17) is 0 Å². The van der Waals surface area contributed by atoms with Gasteiger partial charge in [0.2, 0.25) is 5.91 Å². The van der Waals surface area contributed by atoms with Gasteiger partial charge in [0.05, 0.1) is 5.75 Å². The molecule has 2 aromatic heterocycles. The van der Waals surface area contributed by atoms with Crippen LogP contribution in [0.5, 0.6) is 0 Å². The molecule has 0 unspecified atom stereocenters. The number of anilines is 1. The zero-order valence-corrected chi connectivity index (χ0v) is 16.0. The van der Waals surface area contributed by atoms with Gasteiger partial charge in [-0.1, -0.05) is 30.0 Å². The van der Waals surface area contributed by atoms with Gasteiger partial charge in [-0.3, -0.25) is 9.36 Å². The van der Waals surface area contributed by atoms with Gasteiger partial charge < -0.3 is 5.32 Å². The Balaban J connectivity index is 1.72. The average molecular weight is 373 g/mol. The van der Waals surface area contributed by atoms with E-state index >= 15 is 0 Å². The second-order valence-electron chi connectivity index (χ2n) is 5.92. The first-order valence-electron chi connectivity index (χ1n) is 8.02. The van der Waals surface area contributed by atoms with Crippen LogP contribution in [0.2, 0.25) is 0 Å². The number of thiophene rings is 1. The van der Waals surface area contributed by atoms with E-state index in [2.05, 4.69) is 52.3 Å². The highest BCUT2D eigenvalue weighted by Crippen LogP contribution is 2.30. The van der Waals surface area contributed by atoms with Crippen LogP contribution in [0.15, 0.2) is 46.9 Å². The van der Waals surface area contributed by atoms with Gasteiger partial charge in [-0.2, -0.15) is 0 Å². The topological polar surface area (TPSA) is 59.8 Å². The molecule has 0 spiro atoms. The molecular formula is C18H20N4OS2. The minimum atomic E-state index is -0.0533. The lowest BCUT2D eigenvalue weighted by molar-refractivity contribution is -0.113. The molecule has 25 heavy (non-hydrogen) atoms. The number of amides is 1. The summed E-state index contributed by atoms with van der Waals surface area (Å²) < 4.78 is 2.09. The summed E-state index contributed by atoms with van der Waals surface area (Å²) in [5, 5.41) is 14.4. The van der Waals surface area contributed by atoms with Crippen molar-refractivity contribution in [2.24, 2.45) is 0 Å². The SMILES string of the molecule is Cc1cc(-c2nnc(SCC(=O)Nc3ccccc3)n2C(C)C)cs1. The average Bonchev–Trinajstić information content (AvgIpc) is 3.19. The van der Waals surface area contributed by atoms with E-state index < -0.39 is 0 Å². The molecule has 1 amide bonds. The van der Waals surface area contributed by atoms with Crippen molar-refractivity contribution in [3.8, 4) is 11.4 Å². The van der Waals surface area contributed by atoms with E-state index in [-0.39, 0.29) is 11.9 Å². The van der Waals surface area contributed by atoms with Gasteiger partial charge in [-0.15, -0.1) is 21.5 Å². The van der Waals surface area contributed by atoms with E-state index in [0.717, 1.165) is 22.2 Å². The lowest BCUT2D eigenvalue weighted by Crippen LogP contribution is -2.14. The number of thioether (sulfide) groups is 1. The number of nitrogens with zero attached hydrogens (tertiary/aromatic N) is 3. The zero-order valence-electron chi connectivity index (χ0n) is 14.4. The van der Waals surface area contributed by atoms with Gasteiger partial charge in [0.15, 0.2) is 11.0 Å². The maximum atomic E-state index is 12.2. The highest BCUT2D eigenvalue weighted by atomic mass is 32.2. The number of nitrogens with one attached hydrogen (secondary N) is 1. The van der Waals surface area contributed by atoms with Crippen molar-refractivity contribution in [1.29, 1.82) is 0 Å². The normalized spacial score (nSPS) is 11.0. The minimum Gasteiger partial charge on any atom is -0.325 e. The number of para-hydroxylation sites is 1. The molecule has 0 bridgehead atoms. The number of carbonyl (C=O) groups is 1. The molecule has 130 valence electrons. The van der Waals surface area contributed by atoms with Crippen molar-refractivity contribution in [3.05, 3.63) is 46.7 Å². The first-order chi connectivity index (χ1) is 12.0. The molecule has 3 rings (SSSR count). The van der Waals surface area contributed by atoms with Gasteiger partial charge in [0.1, 0.15) is 0 Å². The monoisotopic (exact) mass is 372 g/mol. The lowest BCUT2D eigenvalue weighted by Gasteiger charge is -2.13. The summed E-state index contributed by atoms with van der Waals surface area (Å²) in [4.78, 5) is 13.4. The molecule has 0 aliphatic heterocycles. The fourth-order valence-electron chi connectivity index (χ4n) is 2.45. The first kappa shape index (κ1) is 17.7. The second-order valence-corrected chi connectivity index (χ2v) is 7.98. The molecule has 0 saturated carbocycles. The summed E-state index contributed by atoms with van der Waals surface area (Å²) in [7, 11) is 0. The smallest absolute Gasteiger partial charge is 0.234 e. The van der Waals surface area contributed by atoms with Crippen LogP contribution >= 0.6 is 23.1 Å². The fourth-order valence-corrected chi connectivity index (χ4v) is 4.00. The van der Waals surface area contributed by atoms with Crippen molar-refractivity contribution in [1.82, 2.24) is 14.8 Å². The number of aryl methyl sites for hydroxylation is 1. The number of hydrogen-bond donors (Lipinski definition) is 1. The standard InChI is InChI=1S/C18H20N4OS2/c1-12(2)22-17(14-9-13(3)24-10-14)20-21-18(22)25-11-16(23)19-15-7-5-4-6-8-15/h4-10,12H,11H2,1-3H3,(H,19,23). The molecule has 2 heterocycles. The van der Waals surface area contributed by atoms with Crippen LogP contribution in [-0.2, 0) is 4.79 Å². The van der Waals surface area contributed by atoms with Crippen molar-refractivity contribution in [3.63, 3.8) is 0 Å². The Labute approximate surface area is 155 Å². The van der Waals surface area contributed by atoms with Crippen molar-refractivity contribution >= 4 is 34.7 Å². The van der Waals surface area contributed by atoms with Crippen molar-refractivity contribution in [2.75, 3.05) is 11.1 Å². The summed E-state index contributed by atoms with van der Waals surface area (Å²) in [6, 6.07) is 11.8. The second kappa shape index (κ2) is 7.84. The zero-order chi connectivity index (χ0) is 17.8. The number of rotatable bonds is 6. The molecule has 0 radical (unpaired) electrons. The summed E-state index contributed by atoms with van der Waals surface area (Å²) in [6.45, 7) is 6.27. The van der Waals surface area contributed by atoms with Gasteiger partial charge in [0.25, 0.3) is 0 Å². The van der Waals surface area contributed by atoms with Crippen molar-refractivity contribution in [2.45, 2.75) is 32.0 Å². The van der Waals surface area contributed by atoms with Crippen LogP contribution in [0.3, 0.4) is 0 Å². The predicted molar refractivity (Wildman–Crippen MR) is 104 cm³/mol. The van der Waals surface area contributed by atoms with E-state index in [1.165, 1.54) is 16.6 Å². The van der Waals surface area contributed by atoms with Crippen LogP contribution in [0.4, 0.5) is 5.69 Å². The van der Waals surface area contributed by atoms with Crippen LogP contribution in [0.1, 0.15) is 24.8 Å². The highest BCUT2D eigenvalue weighted by Gasteiger charge is 2.18. The Morgan fingerprint density at radius 2 is 2.04 bits per heavy atom. The molecule has 1 aromatic carbocycles. The molecule has 5 nitrogen and oxygen atoms in total. The maximum Gasteiger partial charge on any atom is 0.234 e. The van der Waals surface area contributed by atoms with Gasteiger partial charge in [-0.05, 0) is 39.0 Å². The van der Waals surface area contributed by atoms with Gasteiger partial charge >= 0.3 is 0 Å². The predicted octanol–water partition coefficient (Wildman–Crippen LogP) is 4.63. The van der Waals surface area contributed by atoms with Crippen LogP contribution in [-0.4, -0.2) is 26.4 Å². The largest absolute Gasteiger partial charge is 0.325 e. The minimum absolute atomic E-state index is 0.0533. The summed E-state index contributed by atoms with van der Waals surface area (Å²) in [5.74, 6) is 1.09. The van der Waals surface area contributed by atoms with Crippen LogP contribution < -0.4 is 5.32 Å². The molecule has 0 aliphatic carbocycles. The highest BCUT2D eigenvalue weighted by molar-refractivity contribution is 7.99. The molecule has 0 fully saturated rings. The number of aromatic nitrogens is 3. The third-order valence-corrected chi connectivity index (χ3v) is 5.36. The van der Waals surface area contributed by atoms with E-state index in [9.17, 15) is 4.79 Å². The molecule has 1 N–H and O–H groups in total.